The molecule has 1 fully saturated rings. The molecule has 0 aromatic carbocycles. The molecule has 1 nitrogen and oxygen atoms in total. The maximum Gasteiger partial charge on any atom is 0.117 e. The zero-order valence-electron chi connectivity index (χ0n) is 10.2. The molecule has 3 heteroatoms. The first kappa shape index (κ1) is 2.31. The van der Waals surface area contributed by atoms with E-state index in [1.807, 2.05) is 0 Å². The molecule has 2 rings (SSSR count). The second kappa shape index (κ2) is 2.06. The molecule has 0 unspecified atom stereocenters. The van der Waals surface area contributed by atoms with Crippen molar-refractivity contribution in [1.29, 1.82) is 0 Å². The average Bonchev–Trinajstić information content (AvgIpc) is 2.44. The Labute approximate surface area is 74.7 Å². The van der Waals surface area contributed by atoms with Gasteiger partial charge in [-0.25, -0.2) is 4.98 Å². The van der Waals surface area contributed by atoms with Crippen molar-refractivity contribution in [3.05, 3.63) is 15.0 Å². The number of thiazole rings is 1. The van der Waals surface area contributed by atoms with Gasteiger partial charge in [0, 0.05) is 18.1 Å². The maximum atomic E-state index is 7.79. The third-order valence-corrected chi connectivity index (χ3v) is 2.32. The van der Waals surface area contributed by atoms with Crippen LogP contribution in [0.1, 0.15) is 31.9 Å². The van der Waals surface area contributed by atoms with Crippen LogP contribution in [0.2, 0.25) is 0 Å². The first-order chi connectivity index (χ1) is 6.66. The minimum Gasteiger partial charge on any atom is -0.234 e. The number of hydrogen-bond donors (Lipinski definition) is 0. The molecular formula is C6H6BrNS. The van der Waals surface area contributed by atoms with Gasteiger partial charge in [-0.15, -0.1) is 11.3 Å². The van der Waals surface area contributed by atoms with E-state index < -0.39 is 18.6 Å². The van der Waals surface area contributed by atoms with E-state index >= 15 is 0 Å². The summed E-state index contributed by atoms with van der Waals surface area (Å²) in [6.07, 6.45) is -4.49. The molecule has 1 aromatic rings. The van der Waals surface area contributed by atoms with Crippen LogP contribution >= 0.6 is 27.3 Å². The third-order valence-electron chi connectivity index (χ3n) is 0.895. The topological polar surface area (TPSA) is 12.9 Å². The molecular weight excluding hydrogens is 198 g/mol. The smallest absolute Gasteiger partial charge is 0.117 e. The lowest BCUT2D eigenvalue weighted by atomic mass is 10.5. The van der Waals surface area contributed by atoms with E-state index in [0.717, 1.165) is 11.3 Å². The van der Waals surface area contributed by atoms with Gasteiger partial charge >= 0.3 is 0 Å². The van der Waals surface area contributed by atoms with E-state index in [2.05, 4.69) is 20.9 Å². The highest BCUT2D eigenvalue weighted by atomic mass is 79.9. The normalized spacial score (nSPS) is 42.8. The molecule has 0 N–H and O–H groups in total. The summed E-state index contributed by atoms with van der Waals surface area (Å²) in [6, 6.07) is 0. The minimum atomic E-state index is -2.25. The first-order valence-electron chi connectivity index (χ1n) is 5.29. The molecule has 0 saturated heterocycles. The van der Waals surface area contributed by atoms with Gasteiger partial charge in [0.15, 0.2) is 0 Å². The van der Waals surface area contributed by atoms with Crippen molar-refractivity contribution in [3.8, 4) is 0 Å². The van der Waals surface area contributed by atoms with Crippen LogP contribution in [0.3, 0.4) is 0 Å². The zero-order chi connectivity index (χ0) is 11.6. The molecule has 0 bridgehead atoms. The molecule has 0 amide bonds. The molecule has 1 aromatic heterocycles. The van der Waals surface area contributed by atoms with Gasteiger partial charge in [0.25, 0.3) is 0 Å². The van der Waals surface area contributed by atoms with E-state index in [0.29, 0.717) is 0 Å². The molecule has 48 valence electrons. The van der Waals surface area contributed by atoms with Gasteiger partial charge in [0.2, 0.25) is 0 Å². The van der Waals surface area contributed by atoms with Crippen LogP contribution in [0, 0.1) is 0 Å². The van der Waals surface area contributed by atoms with Crippen molar-refractivity contribution in [2.45, 2.75) is 18.6 Å². The van der Waals surface area contributed by atoms with Crippen molar-refractivity contribution in [2.24, 2.45) is 0 Å². The van der Waals surface area contributed by atoms with Crippen molar-refractivity contribution in [1.82, 2.24) is 4.98 Å². The van der Waals surface area contributed by atoms with E-state index in [-0.39, 0.29) is 15.0 Å². The van der Waals surface area contributed by atoms with Gasteiger partial charge in [-0.05, 0) is 28.7 Å². The Morgan fingerprint density at radius 2 is 2.89 bits per heavy atom. The molecule has 0 spiro atoms. The van der Waals surface area contributed by atoms with Crippen molar-refractivity contribution in [2.75, 3.05) is 0 Å². The monoisotopic (exact) mass is 209 g/mol. The Hall–Kier alpha value is 0.110. The van der Waals surface area contributed by atoms with Gasteiger partial charge in [0.1, 0.15) is 4.60 Å². The summed E-state index contributed by atoms with van der Waals surface area (Å²) in [6.45, 7) is 0. The predicted molar refractivity (Wildman–Crippen MR) is 41.8 cm³/mol. The van der Waals surface area contributed by atoms with E-state index in [9.17, 15) is 0 Å². The predicted octanol–water partition coefficient (Wildman–Crippen LogP) is 2.78. The molecule has 0 radical (unpaired) electrons. The van der Waals surface area contributed by atoms with Gasteiger partial charge in [-0.1, -0.05) is 0 Å². The second-order valence-corrected chi connectivity index (χ2v) is 3.08. The molecule has 1 saturated carbocycles. The largest absolute Gasteiger partial charge is 0.234 e. The standard InChI is InChI=1S/C6H6BrNS/c7-5-3-9-6(8-5)4-1-2-4/h3-4H,1-2H2/i1D2,2D2,3D,4D. The van der Waals surface area contributed by atoms with Crippen LogP contribution in [0.15, 0.2) is 9.96 Å². The summed E-state index contributed by atoms with van der Waals surface area (Å²) >= 11 is 3.82. The maximum absolute atomic E-state index is 7.79. The molecule has 1 heterocycles. The van der Waals surface area contributed by atoms with Crippen LogP contribution in [-0.4, -0.2) is 4.98 Å². The van der Waals surface area contributed by atoms with Gasteiger partial charge in [-0.3, -0.25) is 0 Å². The Morgan fingerprint density at radius 3 is 3.33 bits per heavy atom. The number of aromatic nitrogens is 1. The second-order valence-electron chi connectivity index (χ2n) is 1.54. The fourth-order valence-corrected chi connectivity index (χ4v) is 1.58. The fraction of sp³-hybridized carbons (Fsp3) is 0.500. The zero-order valence-corrected chi connectivity index (χ0v) is 6.64. The van der Waals surface area contributed by atoms with Crippen LogP contribution in [0.4, 0.5) is 0 Å². The lowest BCUT2D eigenvalue weighted by molar-refractivity contribution is 1.07. The SMILES string of the molecule is [2H]c1sc(C2([2H])C([2H])([2H])C2([2H])[2H])nc1Br. The van der Waals surface area contributed by atoms with E-state index in [1.165, 1.54) is 0 Å². The highest BCUT2D eigenvalue weighted by Gasteiger charge is 2.26. The number of nitrogens with zero attached hydrogens (tertiary/aromatic N) is 1. The summed E-state index contributed by atoms with van der Waals surface area (Å²) in [5, 5.41) is 0.0875. The lowest BCUT2D eigenvalue weighted by Crippen LogP contribution is -1.72. The van der Waals surface area contributed by atoms with E-state index in [4.69, 9.17) is 8.22 Å². The molecule has 1 aliphatic carbocycles. The first-order valence-corrected chi connectivity index (χ1v) is 3.90. The van der Waals surface area contributed by atoms with Crippen LogP contribution < -0.4 is 0 Å². The fourth-order valence-electron chi connectivity index (χ4n) is 0.470. The lowest BCUT2D eigenvalue weighted by Gasteiger charge is -1.81. The number of rotatable bonds is 1. The van der Waals surface area contributed by atoms with E-state index in [1.54, 1.807) is 0 Å². The highest BCUT2D eigenvalue weighted by molar-refractivity contribution is 9.10. The van der Waals surface area contributed by atoms with Crippen LogP contribution in [0.5, 0.6) is 0 Å². The third kappa shape index (κ3) is 1.17. The van der Waals surface area contributed by atoms with Crippen LogP contribution in [0.25, 0.3) is 0 Å². The molecule has 9 heavy (non-hydrogen) atoms. The van der Waals surface area contributed by atoms with Crippen molar-refractivity contribution < 1.29 is 8.22 Å². The summed E-state index contributed by atoms with van der Waals surface area (Å²) in [7, 11) is 0. The summed E-state index contributed by atoms with van der Waals surface area (Å²) in [5.41, 5.74) is 0. The summed E-state index contributed by atoms with van der Waals surface area (Å²) in [5.74, 6) is -1.98. The van der Waals surface area contributed by atoms with Crippen molar-refractivity contribution in [3.63, 3.8) is 0 Å². The Kier molecular flexibility index (Phi) is 0.528. The number of halogens is 1. The Balaban J connectivity index is 2.50. The molecule has 0 aliphatic heterocycles. The van der Waals surface area contributed by atoms with Gasteiger partial charge in [-0.2, -0.15) is 0 Å². The molecule has 0 atom stereocenters. The minimum absolute atomic E-state index is 0.00868. The van der Waals surface area contributed by atoms with Crippen LogP contribution in [-0.2, 0) is 0 Å². The summed E-state index contributed by atoms with van der Waals surface area (Å²) < 4.78 is 45.1. The van der Waals surface area contributed by atoms with Crippen molar-refractivity contribution >= 4 is 27.3 Å². The molecule has 1 aliphatic rings. The average molecular weight is 210 g/mol. The quantitative estimate of drug-likeness (QED) is 0.694. The Morgan fingerprint density at radius 1 is 2.11 bits per heavy atom. The van der Waals surface area contributed by atoms with Gasteiger partial charge in [0.05, 0.1) is 6.38 Å². The Bertz CT molecular complexity index is 396. The summed E-state index contributed by atoms with van der Waals surface area (Å²) in [4.78, 5) is 3.82. The number of hydrogen-bond acceptors (Lipinski definition) is 2. The highest BCUT2D eigenvalue weighted by Crippen LogP contribution is 2.41. The van der Waals surface area contributed by atoms with Gasteiger partial charge < -0.3 is 0 Å².